The molecule has 0 atom stereocenters. The molecule has 11 nitrogen and oxygen atoms in total. The third kappa shape index (κ3) is 7.60. The van der Waals surface area contributed by atoms with Crippen molar-refractivity contribution in [2.75, 3.05) is 35.1 Å². The molecular formula is C36H40N6O5S. The van der Waals surface area contributed by atoms with Crippen LogP contribution in [-0.4, -0.2) is 49.9 Å². The molecule has 0 unspecified atom stereocenters. The number of nitrogens with zero attached hydrogens (tertiary/aromatic N) is 3. The van der Waals surface area contributed by atoms with Crippen LogP contribution in [0.4, 0.5) is 17.3 Å². The van der Waals surface area contributed by atoms with Crippen LogP contribution in [0, 0.1) is 18.3 Å². The highest BCUT2D eigenvalue weighted by molar-refractivity contribution is 7.92. The average Bonchev–Trinajstić information content (AvgIpc) is 3.93. The third-order valence-electron chi connectivity index (χ3n) is 8.54. The second-order valence-electron chi connectivity index (χ2n) is 13.3. The normalized spacial score (nSPS) is 14.6. The number of anilines is 3. The highest BCUT2D eigenvalue weighted by Crippen LogP contribution is 2.37. The zero-order valence-electron chi connectivity index (χ0n) is 27.3. The molecule has 48 heavy (non-hydrogen) atoms. The van der Waals surface area contributed by atoms with Crippen LogP contribution >= 0.6 is 0 Å². The van der Waals surface area contributed by atoms with Crippen LogP contribution in [0.3, 0.4) is 0 Å². The predicted molar refractivity (Wildman–Crippen MR) is 185 cm³/mol. The fourth-order valence-corrected chi connectivity index (χ4v) is 6.67. The molecule has 0 bridgehead atoms. The number of nitrogens with two attached hydrogens (primary N) is 1. The Labute approximate surface area is 281 Å². The summed E-state index contributed by atoms with van der Waals surface area (Å²) in [6, 6.07) is 19.1. The summed E-state index contributed by atoms with van der Waals surface area (Å²) in [5.74, 6) is 0.524. The number of hydrogen-bond acceptors (Lipinski definition) is 8. The number of benzene rings is 3. The molecule has 6 rings (SSSR count). The van der Waals surface area contributed by atoms with E-state index in [1.165, 1.54) is 0 Å². The standard InChI is InChI=1S/C36H40N6O5S/c1-23-20-38-35(37)40-33(23)47-22-36(2,3)21-39-32(43)28-7-4-6-27(18-28)24-12-15-30(16-13-24)48(45,46)41-29-14-11-25-8-5-17-42(31(25)19-29)34(44)26-9-10-26/h4,6-7,11-16,18-20,26,41H,5,8-10,17,21-22H2,1-3H3,(H,39,43)(H2,37,38,40). The minimum atomic E-state index is -3.89. The maximum atomic E-state index is 13.3. The summed E-state index contributed by atoms with van der Waals surface area (Å²) in [5, 5.41) is 2.98. The molecule has 4 N–H and O–H groups in total. The highest BCUT2D eigenvalue weighted by atomic mass is 32.2. The van der Waals surface area contributed by atoms with E-state index in [1.807, 2.05) is 37.8 Å². The van der Waals surface area contributed by atoms with Crippen LogP contribution in [0.5, 0.6) is 5.88 Å². The summed E-state index contributed by atoms with van der Waals surface area (Å²) in [7, 11) is -3.89. The van der Waals surface area contributed by atoms with Gasteiger partial charge in [-0.25, -0.2) is 13.4 Å². The van der Waals surface area contributed by atoms with Crippen molar-refractivity contribution < 1.29 is 22.7 Å². The quantitative estimate of drug-likeness (QED) is 0.193. The van der Waals surface area contributed by atoms with Crippen LogP contribution in [0.1, 0.15) is 54.6 Å². The Kier molecular flexibility index (Phi) is 9.11. The lowest BCUT2D eigenvalue weighted by Gasteiger charge is -2.30. The van der Waals surface area contributed by atoms with Crippen molar-refractivity contribution in [2.24, 2.45) is 11.3 Å². The van der Waals surface area contributed by atoms with Gasteiger partial charge in [-0.05, 0) is 85.7 Å². The predicted octanol–water partition coefficient (Wildman–Crippen LogP) is 5.36. The number of hydrogen-bond donors (Lipinski definition) is 3. The molecule has 2 aliphatic rings. The van der Waals surface area contributed by atoms with E-state index in [2.05, 4.69) is 20.0 Å². The lowest BCUT2D eigenvalue weighted by Crippen LogP contribution is -2.37. The van der Waals surface area contributed by atoms with Crippen molar-refractivity contribution in [3.05, 3.63) is 89.6 Å². The van der Waals surface area contributed by atoms with Gasteiger partial charge in [0.25, 0.3) is 15.9 Å². The lowest BCUT2D eigenvalue weighted by molar-refractivity contribution is -0.119. The highest BCUT2D eigenvalue weighted by Gasteiger charge is 2.35. The number of fused-ring (bicyclic) bond motifs is 1. The van der Waals surface area contributed by atoms with Crippen LogP contribution < -0.4 is 25.4 Å². The lowest BCUT2D eigenvalue weighted by atomic mass is 9.94. The molecule has 1 aliphatic heterocycles. The summed E-state index contributed by atoms with van der Waals surface area (Å²) in [6.45, 7) is 7.10. The molecule has 0 saturated heterocycles. The Morgan fingerprint density at radius 3 is 2.56 bits per heavy atom. The number of carbonyl (C=O) groups is 2. The van der Waals surface area contributed by atoms with Crippen molar-refractivity contribution in [2.45, 2.75) is 51.3 Å². The molecular weight excluding hydrogens is 629 g/mol. The van der Waals surface area contributed by atoms with Gasteiger partial charge in [0.2, 0.25) is 17.7 Å². The summed E-state index contributed by atoms with van der Waals surface area (Å²) < 4.78 is 35.2. The van der Waals surface area contributed by atoms with E-state index in [0.717, 1.165) is 53.6 Å². The molecule has 1 aliphatic carbocycles. The minimum Gasteiger partial charge on any atom is -0.477 e. The van der Waals surface area contributed by atoms with E-state index >= 15 is 0 Å². The van der Waals surface area contributed by atoms with E-state index in [0.29, 0.717) is 36.8 Å². The molecule has 1 fully saturated rings. The maximum absolute atomic E-state index is 13.3. The van der Waals surface area contributed by atoms with Gasteiger partial charge in [-0.1, -0.05) is 44.2 Å². The summed E-state index contributed by atoms with van der Waals surface area (Å²) in [5.41, 5.74) is 10.3. The van der Waals surface area contributed by atoms with Crippen molar-refractivity contribution in [3.8, 4) is 17.0 Å². The van der Waals surface area contributed by atoms with Gasteiger partial charge in [-0.3, -0.25) is 14.3 Å². The van der Waals surface area contributed by atoms with Crippen LogP contribution in [0.15, 0.2) is 77.8 Å². The van der Waals surface area contributed by atoms with E-state index in [1.54, 1.807) is 60.8 Å². The topological polar surface area (TPSA) is 157 Å². The largest absolute Gasteiger partial charge is 0.477 e. The fourth-order valence-electron chi connectivity index (χ4n) is 5.62. The van der Waals surface area contributed by atoms with Crippen LogP contribution in [0.2, 0.25) is 0 Å². The molecule has 12 heteroatoms. The van der Waals surface area contributed by atoms with Gasteiger partial charge in [0.15, 0.2) is 0 Å². The number of rotatable bonds is 11. The number of nitrogen functional groups attached to an aromatic ring is 1. The fraction of sp³-hybridized carbons (Fsp3) is 0.333. The Balaban J connectivity index is 1.09. The molecule has 2 heterocycles. The van der Waals surface area contributed by atoms with E-state index < -0.39 is 15.4 Å². The van der Waals surface area contributed by atoms with Gasteiger partial charge >= 0.3 is 0 Å². The Morgan fingerprint density at radius 1 is 1.04 bits per heavy atom. The Morgan fingerprint density at radius 2 is 1.81 bits per heavy atom. The smallest absolute Gasteiger partial charge is 0.261 e. The number of nitrogens with one attached hydrogen (secondary N) is 2. The molecule has 4 aromatic rings. The van der Waals surface area contributed by atoms with Crippen molar-refractivity contribution in [1.82, 2.24) is 15.3 Å². The molecule has 2 amide bonds. The first-order valence-corrected chi connectivity index (χ1v) is 17.5. The maximum Gasteiger partial charge on any atom is 0.261 e. The van der Waals surface area contributed by atoms with Crippen molar-refractivity contribution in [1.29, 1.82) is 0 Å². The van der Waals surface area contributed by atoms with E-state index in [9.17, 15) is 18.0 Å². The van der Waals surface area contributed by atoms with Crippen LogP contribution in [0.25, 0.3) is 11.1 Å². The number of aryl methyl sites for hydroxylation is 2. The molecule has 250 valence electrons. The number of sulfonamides is 1. The monoisotopic (exact) mass is 668 g/mol. The van der Waals surface area contributed by atoms with Gasteiger partial charge in [0, 0.05) is 47.4 Å². The molecule has 0 spiro atoms. The number of aromatic nitrogens is 2. The van der Waals surface area contributed by atoms with E-state index in [4.69, 9.17) is 10.5 Å². The average molecular weight is 669 g/mol. The molecule has 3 aromatic carbocycles. The van der Waals surface area contributed by atoms with Crippen LogP contribution in [-0.2, 0) is 21.2 Å². The third-order valence-corrected chi connectivity index (χ3v) is 9.94. The number of amides is 2. The Hall–Kier alpha value is -4.97. The van der Waals surface area contributed by atoms with E-state index in [-0.39, 0.29) is 28.6 Å². The summed E-state index contributed by atoms with van der Waals surface area (Å²) in [6.07, 6.45) is 5.19. The number of carbonyl (C=O) groups excluding carboxylic acids is 2. The minimum absolute atomic E-state index is 0.0870. The molecule has 1 aromatic heterocycles. The number of ether oxygens (including phenoxy) is 1. The Bertz CT molecular complexity index is 1960. The second kappa shape index (κ2) is 13.3. The zero-order valence-corrected chi connectivity index (χ0v) is 28.1. The zero-order chi connectivity index (χ0) is 34.1. The second-order valence-corrected chi connectivity index (χ2v) is 15.0. The molecule has 1 saturated carbocycles. The van der Waals surface area contributed by atoms with Gasteiger partial charge in [-0.15, -0.1) is 0 Å². The SMILES string of the molecule is Cc1cnc(N)nc1OCC(C)(C)CNC(=O)c1cccc(-c2ccc(S(=O)(=O)Nc3ccc4c(c3)N(C(=O)C3CC3)CCC4)cc2)c1. The van der Waals surface area contributed by atoms with Gasteiger partial charge in [-0.2, -0.15) is 4.98 Å². The summed E-state index contributed by atoms with van der Waals surface area (Å²) in [4.78, 5) is 36.0. The van der Waals surface area contributed by atoms with Gasteiger partial charge in [0.1, 0.15) is 0 Å². The summed E-state index contributed by atoms with van der Waals surface area (Å²) >= 11 is 0. The first-order valence-electron chi connectivity index (χ1n) is 16.1. The first kappa shape index (κ1) is 33.0. The molecule has 0 radical (unpaired) electrons. The van der Waals surface area contributed by atoms with Gasteiger partial charge < -0.3 is 20.7 Å². The first-order chi connectivity index (χ1) is 22.9. The van der Waals surface area contributed by atoms with Crippen molar-refractivity contribution >= 4 is 39.2 Å². The van der Waals surface area contributed by atoms with Crippen molar-refractivity contribution in [3.63, 3.8) is 0 Å². The van der Waals surface area contributed by atoms with Gasteiger partial charge in [0.05, 0.1) is 17.2 Å².